The van der Waals surface area contributed by atoms with E-state index in [1.54, 1.807) is 0 Å². The van der Waals surface area contributed by atoms with E-state index in [0.29, 0.717) is 19.7 Å². The Morgan fingerprint density at radius 1 is 1.10 bits per heavy atom. The lowest BCUT2D eigenvalue weighted by Crippen LogP contribution is -2.56. The lowest BCUT2D eigenvalue weighted by atomic mass is 9.82. The normalized spacial score (nSPS) is 21.9. The number of piperidine rings is 1. The highest BCUT2D eigenvalue weighted by molar-refractivity contribution is 5.90. The number of nitrogens with one attached hydrogen (secondary N) is 1. The van der Waals surface area contributed by atoms with Crippen LogP contribution in [-0.2, 0) is 21.6 Å². The van der Waals surface area contributed by atoms with E-state index in [1.165, 1.54) is 0 Å². The molecule has 2 fully saturated rings. The summed E-state index contributed by atoms with van der Waals surface area (Å²) in [6.07, 6.45) is 8.04. The first kappa shape index (κ1) is 19.3. The largest absolute Gasteiger partial charge is 0.371 e. The average Bonchev–Trinajstić information content (AvgIpc) is 3.25. The van der Waals surface area contributed by atoms with Crippen molar-refractivity contribution in [3.63, 3.8) is 0 Å². The monoisotopic (exact) mass is 407 g/mol. The number of aromatic nitrogens is 2. The van der Waals surface area contributed by atoms with E-state index < -0.39 is 11.1 Å². The van der Waals surface area contributed by atoms with Crippen LogP contribution in [0.1, 0.15) is 49.8 Å². The highest BCUT2D eigenvalue weighted by Gasteiger charge is 2.48. The zero-order chi connectivity index (χ0) is 20.6. The molecule has 5 rings (SSSR count). The maximum atomic E-state index is 13.7. The summed E-state index contributed by atoms with van der Waals surface area (Å²) >= 11 is 0. The lowest BCUT2D eigenvalue weighted by Gasteiger charge is -2.46. The first-order chi connectivity index (χ1) is 14.6. The van der Waals surface area contributed by atoms with Gasteiger partial charge in [-0.25, -0.2) is 9.97 Å². The Labute approximate surface area is 177 Å². The maximum Gasteiger partial charge on any atom is 0.248 e. The average molecular weight is 408 g/mol. The number of anilines is 2. The van der Waals surface area contributed by atoms with Crippen LogP contribution in [0.5, 0.6) is 0 Å². The number of nitrogen functional groups attached to an aromatic ring is 1. The van der Waals surface area contributed by atoms with E-state index in [4.69, 9.17) is 10.5 Å². The summed E-state index contributed by atoms with van der Waals surface area (Å²) in [6, 6.07) is 10.1. The van der Waals surface area contributed by atoms with Crippen LogP contribution in [-0.4, -0.2) is 46.0 Å². The summed E-state index contributed by atoms with van der Waals surface area (Å²) in [4.78, 5) is 24.4. The third-order valence-corrected chi connectivity index (χ3v) is 6.95. The minimum Gasteiger partial charge on any atom is -0.371 e. The van der Waals surface area contributed by atoms with Crippen molar-refractivity contribution in [3.8, 4) is 0 Å². The topological polar surface area (TPSA) is 93.4 Å². The summed E-state index contributed by atoms with van der Waals surface area (Å²) in [5.41, 5.74) is 7.98. The van der Waals surface area contributed by atoms with Crippen molar-refractivity contribution in [2.75, 3.05) is 30.7 Å². The van der Waals surface area contributed by atoms with Gasteiger partial charge in [0.2, 0.25) is 11.9 Å². The summed E-state index contributed by atoms with van der Waals surface area (Å²) in [5, 5.41) is 3.59. The molecule has 3 aliphatic rings. The van der Waals surface area contributed by atoms with Crippen LogP contribution in [0, 0.1) is 0 Å². The molecule has 1 saturated carbocycles. The van der Waals surface area contributed by atoms with Gasteiger partial charge in [0.05, 0.1) is 12.3 Å². The van der Waals surface area contributed by atoms with Crippen LogP contribution >= 0.6 is 0 Å². The smallest absolute Gasteiger partial charge is 0.248 e. The number of rotatable bonds is 3. The van der Waals surface area contributed by atoms with Crippen molar-refractivity contribution in [1.29, 1.82) is 0 Å². The molecular formula is C23H29N5O2. The Morgan fingerprint density at radius 3 is 2.57 bits per heavy atom. The molecule has 7 heteroatoms. The standard InChI is InChI=1S/C23H29N5O2/c24-21-25-16-17-8-15-30-23(19(17)26-21)11-13-28(14-12-23)20(29)22(9-4-5-10-22)27-18-6-2-1-3-7-18/h1-3,6-7,16,27H,4-5,8-15H2,(H2,24,25,26). The molecule has 0 atom stereocenters. The van der Waals surface area contributed by atoms with Gasteiger partial charge in [-0.05, 0) is 49.8 Å². The number of benzene rings is 1. The first-order valence-corrected chi connectivity index (χ1v) is 11.0. The van der Waals surface area contributed by atoms with Gasteiger partial charge in [-0.1, -0.05) is 31.0 Å². The van der Waals surface area contributed by atoms with Gasteiger partial charge >= 0.3 is 0 Å². The van der Waals surface area contributed by atoms with Crippen molar-refractivity contribution >= 4 is 17.5 Å². The molecule has 2 aromatic rings. The van der Waals surface area contributed by atoms with Gasteiger partial charge in [0, 0.05) is 25.0 Å². The van der Waals surface area contributed by atoms with E-state index in [2.05, 4.69) is 15.3 Å². The summed E-state index contributed by atoms with van der Waals surface area (Å²) in [7, 11) is 0. The van der Waals surface area contributed by atoms with Gasteiger partial charge in [-0.15, -0.1) is 0 Å². The number of fused-ring (bicyclic) bond motifs is 2. The molecular weight excluding hydrogens is 378 g/mol. The first-order valence-electron chi connectivity index (χ1n) is 11.0. The highest BCUT2D eigenvalue weighted by Crippen LogP contribution is 2.42. The predicted molar refractivity (Wildman–Crippen MR) is 115 cm³/mol. The number of likely N-dealkylation sites (tertiary alicyclic amines) is 1. The third kappa shape index (κ3) is 3.31. The van der Waals surface area contributed by atoms with E-state index in [-0.39, 0.29) is 11.9 Å². The minimum absolute atomic E-state index is 0.219. The van der Waals surface area contributed by atoms with Crippen LogP contribution in [0.2, 0.25) is 0 Å². The minimum atomic E-state index is -0.496. The molecule has 0 unspecified atom stereocenters. The predicted octanol–water partition coefficient (Wildman–Crippen LogP) is 2.87. The molecule has 1 saturated heterocycles. The van der Waals surface area contributed by atoms with Crippen LogP contribution in [0.4, 0.5) is 11.6 Å². The Hall–Kier alpha value is -2.67. The molecule has 2 aliphatic heterocycles. The fourth-order valence-electron chi connectivity index (χ4n) is 5.35. The number of ether oxygens (including phenoxy) is 1. The molecule has 1 aliphatic carbocycles. The Morgan fingerprint density at radius 2 is 1.83 bits per heavy atom. The van der Waals surface area contributed by atoms with Crippen LogP contribution in [0.25, 0.3) is 0 Å². The fraction of sp³-hybridized carbons (Fsp3) is 0.522. The van der Waals surface area contributed by atoms with Crippen LogP contribution < -0.4 is 11.1 Å². The molecule has 0 bridgehead atoms. The zero-order valence-corrected chi connectivity index (χ0v) is 17.3. The number of carbonyl (C=O) groups excluding carboxylic acids is 1. The van der Waals surface area contributed by atoms with Crippen molar-refractivity contribution in [2.24, 2.45) is 0 Å². The number of nitrogens with two attached hydrogens (primary N) is 1. The molecule has 1 spiro atoms. The number of hydrogen-bond acceptors (Lipinski definition) is 6. The fourth-order valence-corrected chi connectivity index (χ4v) is 5.35. The molecule has 158 valence electrons. The molecule has 0 radical (unpaired) electrons. The lowest BCUT2D eigenvalue weighted by molar-refractivity contribution is -0.145. The molecule has 1 aromatic carbocycles. The number of amides is 1. The summed E-state index contributed by atoms with van der Waals surface area (Å²) in [5.74, 6) is 0.506. The van der Waals surface area contributed by atoms with Gasteiger partial charge in [-0.3, -0.25) is 4.79 Å². The Bertz CT molecular complexity index is 918. The number of para-hydroxylation sites is 1. The Balaban J connectivity index is 1.34. The van der Waals surface area contributed by atoms with Crippen molar-refractivity contribution in [2.45, 2.75) is 56.1 Å². The molecule has 1 amide bonds. The molecule has 3 heterocycles. The second-order valence-corrected chi connectivity index (χ2v) is 8.77. The van der Waals surface area contributed by atoms with Gasteiger partial charge in [-0.2, -0.15) is 0 Å². The van der Waals surface area contributed by atoms with Gasteiger partial charge in [0.1, 0.15) is 11.1 Å². The van der Waals surface area contributed by atoms with E-state index in [9.17, 15) is 4.79 Å². The molecule has 7 nitrogen and oxygen atoms in total. The second kappa shape index (κ2) is 7.54. The molecule has 30 heavy (non-hydrogen) atoms. The Kier molecular flexibility index (Phi) is 4.85. The number of hydrogen-bond donors (Lipinski definition) is 2. The number of nitrogens with zero attached hydrogens (tertiary/aromatic N) is 3. The van der Waals surface area contributed by atoms with Crippen LogP contribution in [0.3, 0.4) is 0 Å². The zero-order valence-electron chi connectivity index (χ0n) is 17.3. The third-order valence-electron chi connectivity index (χ3n) is 6.95. The summed E-state index contributed by atoms with van der Waals surface area (Å²) < 4.78 is 6.26. The van der Waals surface area contributed by atoms with Gasteiger partial charge in [0.25, 0.3) is 0 Å². The van der Waals surface area contributed by atoms with Crippen molar-refractivity contribution < 1.29 is 9.53 Å². The highest BCUT2D eigenvalue weighted by atomic mass is 16.5. The second-order valence-electron chi connectivity index (χ2n) is 8.77. The number of carbonyl (C=O) groups is 1. The quantitative estimate of drug-likeness (QED) is 0.813. The van der Waals surface area contributed by atoms with Crippen molar-refractivity contribution in [1.82, 2.24) is 14.9 Å². The van der Waals surface area contributed by atoms with E-state index in [0.717, 1.165) is 61.9 Å². The maximum absolute atomic E-state index is 13.7. The molecule has 3 N–H and O–H groups in total. The van der Waals surface area contributed by atoms with Gasteiger partial charge < -0.3 is 20.7 Å². The summed E-state index contributed by atoms with van der Waals surface area (Å²) in [6.45, 7) is 1.99. The van der Waals surface area contributed by atoms with Gasteiger partial charge in [0.15, 0.2) is 0 Å². The van der Waals surface area contributed by atoms with E-state index >= 15 is 0 Å². The van der Waals surface area contributed by atoms with Crippen LogP contribution in [0.15, 0.2) is 36.5 Å². The van der Waals surface area contributed by atoms with Crippen molar-refractivity contribution in [3.05, 3.63) is 47.8 Å². The van der Waals surface area contributed by atoms with E-state index in [1.807, 2.05) is 41.4 Å². The molecule has 1 aromatic heterocycles. The SMILES string of the molecule is Nc1ncc2c(n1)C1(CCN(C(=O)C3(Nc4ccccc4)CCCC3)CC1)OCC2.